The summed E-state index contributed by atoms with van der Waals surface area (Å²) in [5.74, 6) is -0.350. The summed E-state index contributed by atoms with van der Waals surface area (Å²) < 4.78 is 15.0. The van der Waals surface area contributed by atoms with Crippen LogP contribution in [0.2, 0.25) is 0 Å². The second-order valence-corrected chi connectivity index (χ2v) is 4.34. The van der Waals surface area contributed by atoms with Crippen molar-refractivity contribution in [1.29, 1.82) is 0 Å². The fraction of sp³-hybridized carbons (Fsp3) is 0.182. The second kappa shape index (κ2) is 4.35. The van der Waals surface area contributed by atoms with Gasteiger partial charge < -0.3 is 5.11 Å². The molecule has 2 aromatic rings. The Balaban J connectivity index is 2.33. The van der Waals surface area contributed by atoms with E-state index in [1.165, 1.54) is 6.07 Å². The number of hydrogen-bond donors (Lipinski definition) is 1. The predicted octanol–water partition coefficient (Wildman–Crippen LogP) is 2.40. The normalized spacial score (nSPS) is 12.8. The van der Waals surface area contributed by atoms with Crippen LogP contribution in [-0.2, 0) is 7.05 Å². The molecule has 1 aromatic heterocycles. The van der Waals surface area contributed by atoms with Gasteiger partial charge in [-0.2, -0.15) is 5.10 Å². The van der Waals surface area contributed by atoms with E-state index in [4.69, 9.17) is 0 Å². The molecule has 16 heavy (non-hydrogen) atoms. The van der Waals surface area contributed by atoms with E-state index in [0.717, 1.165) is 0 Å². The molecule has 0 bridgehead atoms. The molecule has 0 aliphatic carbocycles. The number of benzene rings is 1. The zero-order valence-electron chi connectivity index (χ0n) is 8.56. The van der Waals surface area contributed by atoms with Crippen molar-refractivity contribution >= 4 is 15.9 Å². The van der Waals surface area contributed by atoms with Gasteiger partial charge in [-0.15, -0.1) is 0 Å². The molecule has 1 heterocycles. The maximum absolute atomic E-state index is 13.0. The predicted molar refractivity (Wildman–Crippen MR) is 61.4 cm³/mol. The fourth-order valence-corrected chi connectivity index (χ4v) is 1.83. The molecular formula is C11H10BrFN2O. The van der Waals surface area contributed by atoms with E-state index in [0.29, 0.717) is 15.7 Å². The van der Waals surface area contributed by atoms with Gasteiger partial charge in [0, 0.05) is 13.2 Å². The summed E-state index contributed by atoms with van der Waals surface area (Å²) in [6, 6.07) is 6.13. The van der Waals surface area contributed by atoms with Crippen molar-refractivity contribution in [1.82, 2.24) is 9.78 Å². The third-order valence-corrected chi connectivity index (χ3v) is 2.88. The van der Waals surface area contributed by atoms with Crippen LogP contribution in [0.5, 0.6) is 0 Å². The highest BCUT2D eigenvalue weighted by atomic mass is 79.9. The minimum absolute atomic E-state index is 0.333. The third-order valence-electron chi connectivity index (χ3n) is 2.27. The van der Waals surface area contributed by atoms with E-state index in [1.807, 2.05) is 0 Å². The van der Waals surface area contributed by atoms with Crippen molar-refractivity contribution in [2.75, 3.05) is 0 Å². The van der Waals surface area contributed by atoms with Gasteiger partial charge in [-0.05, 0) is 39.7 Å². The Hall–Kier alpha value is -1.20. The maximum atomic E-state index is 13.0. The molecule has 3 nitrogen and oxygen atoms in total. The third kappa shape index (κ3) is 2.15. The van der Waals surface area contributed by atoms with Gasteiger partial charge in [0.15, 0.2) is 0 Å². The van der Waals surface area contributed by atoms with Crippen LogP contribution in [0.4, 0.5) is 4.39 Å². The number of rotatable bonds is 2. The SMILES string of the molecule is Cn1ccc(C(O)c2ccc(F)c(Br)c2)n1. The number of nitrogens with zero attached hydrogens (tertiary/aromatic N) is 2. The van der Waals surface area contributed by atoms with Gasteiger partial charge in [-0.3, -0.25) is 4.68 Å². The van der Waals surface area contributed by atoms with Gasteiger partial charge in [0.25, 0.3) is 0 Å². The van der Waals surface area contributed by atoms with Crippen LogP contribution >= 0.6 is 15.9 Å². The number of hydrogen-bond acceptors (Lipinski definition) is 2. The molecule has 0 aliphatic rings. The lowest BCUT2D eigenvalue weighted by Crippen LogP contribution is -2.02. The van der Waals surface area contributed by atoms with Gasteiger partial charge in [0.05, 0.1) is 10.2 Å². The van der Waals surface area contributed by atoms with E-state index in [9.17, 15) is 9.50 Å². The average Bonchev–Trinajstić information content (AvgIpc) is 2.68. The molecule has 1 aromatic carbocycles. The van der Waals surface area contributed by atoms with Crippen molar-refractivity contribution in [2.45, 2.75) is 6.10 Å². The summed E-state index contributed by atoms with van der Waals surface area (Å²) in [7, 11) is 1.77. The van der Waals surface area contributed by atoms with Crippen LogP contribution in [0.25, 0.3) is 0 Å². The Morgan fingerprint density at radius 1 is 1.44 bits per heavy atom. The Bertz CT molecular complexity index is 512. The lowest BCUT2D eigenvalue weighted by molar-refractivity contribution is 0.214. The van der Waals surface area contributed by atoms with Crippen molar-refractivity contribution in [2.24, 2.45) is 7.05 Å². The molecule has 1 unspecified atom stereocenters. The number of aryl methyl sites for hydroxylation is 1. The fourth-order valence-electron chi connectivity index (χ4n) is 1.43. The van der Waals surface area contributed by atoms with Crippen molar-refractivity contribution < 1.29 is 9.50 Å². The molecule has 5 heteroatoms. The maximum Gasteiger partial charge on any atom is 0.137 e. The summed E-state index contributed by atoms with van der Waals surface area (Å²) in [4.78, 5) is 0. The van der Waals surface area contributed by atoms with E-state index in [1.54, 1.807) is 36.1 Å². The first-order chi connectivity index (χ1) is 7.58. The van der Waals surface area contributed by atoms with Crippen LogP contribution in [0.1, 0.15) is 17.4 Å². The first kappa shape index (κ1) is 11.3. The Labute approximate surface area is 101 Å². The summed E-state index contributed by atoms with van der Waals surface area (Å²) >= 11 is 3.08. The Kier molecular flexibility index (Phi) is 3.07. The largest absolute Gasteiger partial charge is 0.382 e. The summed E-state index contributed by atoms with van der Waals surface area (Å²) in [6.45, 7) is 0. The van der Waals surface area contributed by atoms with Gasteiger partial charge in [0.2, 0.25) is 0 Å². The molecule has 1 atom stereocenters. The molecule has 0 amide bonds. The van der Waals surface area contributed by atoms with Crippen molar-refractivity contribution in [3.63, 3.8) is 0 Å². The highest BCUT2D eigenvalue weighted by Gasteiger charge is 2.14. The lowest BCUT2D eigenvalue weighted by atomic mass is 10.1. The number of halogens is 2. The van der Waals surface area contributed by atoms with Crippen LogP contribution in [-0.4, -0.2) is 14.9 Å². The molecule has 1 N–H and O–H groups in total. The van der Waals surface area contributed by atoms with Gasteiger partial charge in [0.1, 0.15) is 11.9 Å². The van der Waals surface area contributed by atoms with Gasteiger partial charge >= 0.3 is 0 Å². The number of aromatic nitrogens is 2. The molecule has 0 saturated carbocycles. The van der Waals surface area contributed by atoms with Crippen LogP contribution < -0.4 is 0 Å². The first-order valence-electron chi connectivity index (χ1n) is 4.70. The minimum Gasteiger partial charge on any atom is -0.382 e. The van der Waals surface area contributed by atoms with Crippen molar-refractivity contribution in [3.8, 4) is 0 Å². The average molecular weight is 285 g/mol. The van der Waals surface area contributed by atoms with Gasteiger partial charge in [-0.1, -0.05) is 6.07 Å². The summed E-state index contributed by atoms with van der Waals surface area (Å²) in [6.07, 6.45) is 0.912. The molecule has 0 saturated heterocycles. The molecule has 84 valence electrons. The Morgan fingerprint density at radius 3 is 2.75 bits per heavy atom. The van der Waals surface area contributed by atoms with Crippen LogP contribution in [0.3, 0.4) is 0 Å². The molecular weight excluding hydrogens is 275 g/mol. The van der Waals surface area contributed by atoms with Gasteiger partial charge in [-0.25, -0.2) is 4.39 Å². The first-order valence-corrected chi connectivity index (χ1v) is 5.50. The molecule has 2 rings (SSSR count). The standard InChI is InChI=1S/C11H10BrFN2O/c1-15-5-4-10(14-15)11(16)7-2-3-9(13)8(12)6-7/h2-6,11,16H,1H3. The summed E-state index contributed by atoms with van der Waals surface area (Å²) in [5, 5.41) is 14.1. The highest BCUT2D eigenvalue weighted by Crippen LogP contribution is 2.24. The zero-order chi connectivity index (χ0) is 11.7. The highest BCUT2D eigenvalue weighted by molar-refractivity contribution is 9.10. The van der Waals surface area contributed by atoms with E-state index < -0.39 is 6.10 Å². The molecule has 0 radical (unpaired) electrons. The smallest absolute Gasteiger partial charge is 0.137 e. The van der Waals surface area contributed by atoms with Crippen molar-refractivity contribution in [3.05, 3.63) is 52.0 Å². The number of aliphatic hydroxyl groups excluding tert-OH is 1. The number of aliphatic hydroxyl groups is 1. The Morgan fingerprint density at radius 2 is 2.19 bits per heavy atom. The van der Waals surface area contributed by atoms with Crippen LogP contribution in [0, 0.1) is 5.82 Å². The quantitative estimate of drug-likeness (QED) is 0.920. The monoisotopic (exact) mass is 284 g/mol. The minimum atomic E-state index is -0.835. The molecule has 0 spiro atoms. The second-order valence-electron chi connectivity index (χ2n) is 3.49. The topological polar surface area (TPSA) is 38.0 Å². The van der Waals surface area contributed by atoms with E-state index in [2.05, 4.69) is 21.0 Å². The lowest BCUT2D eigenvalue weighted by Gasteiger charge is -2.08. The summed E-state index contributed by atoms with van der Waals surface area (Å²) in [5.41, 5.74) is 1.15. The zero-order valence-corrected chi connectivity index (χ0v) is 10.1. The van der Waals surface area contributed by atoms with Crippen LogP contribution in [0.15, 0.2) is 34.9 Å². The van der Waals surface area contributed by atoms with E-state index >= 15 is 0 Å². The molecule has 0 aliphatic heterocycles. The molecule has 0 fully saturated rings. The van der Waals surface area contributed by atoms with E-state index in [-0.39, 0.29) is 5.82 Å².